The van der Waals surface area contributed by atoms with Gasteiger partial charge in [0.1, 0.15) is 5.76 Å². The fourth-order valence-electron chi connectivity index (χ4n) is 1.41. The van der Waals surface area contributed by atoms with Gasteiger partial charge in [0.25, 0.3) is 0 Å². The van der Waals surface area contributed by atoms with E-state index in [1.807, 2.05) is 0 Å². The van der Waals surface area contributed by atoms with Crippen molar-refractivity contribution in [2.45, 2.75) is 6.92 Å². The minimum atomic E-state index is -0.245. The quantitative estimate of drug-likeness (QED) is 0.908. The molecule has 0 saturated heterocycles. The molecule has 0 radical (unpaired) electrons. The van der Waals surface area contributed by atoms with Crippen molar-refractivity contribution < 1.29 is 9.32 Å². The minimum absolute atomic E-state index is 0.0604. The summed E-state index contributed by atoms with van der Waals surface area (Å²) < 4.78 is 4.87. The van der Waals surface area contributed by atoms with E-state index >= 15 is 0 Å². The highest BCUT2D eigenvalue weighted by Gasteiger charge is 2.07. The predicted molar refractivity (Wildman–Crippen MR) is 74.8 cm³/mol. The van der Waals surface area contributed by atoms with Crippen molar-refractivity contribution in [2.75, 3.05) is 17.2 Å². The molecule has 2 rings (SSSR count). The van der Waals surface area contributed by atoms with Gasteiger partial charge in [-0.25, -0.2) is 0 Å². The lowest BCUT2D eigenvalue weighted by molar-refractivity contribution is -0.114. The van der Waals surface area contributed by atoms with Crippen LogP contribution in [0.2, 0.25) is 10.0 Å². The number of benzene rings is 1. The summed E-state index contributed by atoms with van der Waals surface area (Å²) in [5.74, 6) is 0.934. The van der Waals surface area contributed by atoms with Gasteiger partial charge >= 0.3 is 0 Å². The lowest BCUT2D eigenvalue weighted by atomic mass is 10.3. The van der Waals surface area contributed by atoms with Crippen molar-refractivity contribution in [1.29, 1.82) is 0 Å². The third-order valence-corrected chi connectivity index (χ3v) is 2.81. The number of amides is 1. The van der Waals surface area contributed by atoms with E-state index in [1.54, 1.807) is 31.2 Å². The molecule has 7 heteroatoms. The molecule has 1 aromatic heterocycles. The molecule has 0 spiro atoms. The van der Waals surface area contributed by atoms with Crippen molar-refractivity contribution in [3.05, 3.63) is 40.1 Å². The molecule has 0 bridgehead atoms. The second-order valence-electron chi connectivity index (χ2n) is 3.85. The molecule has 1 aromatic carbocycles. The zero-order valence-electron chi connectivity index (χ0n) is 10.0. The number of hydrogen-bond donors (Lipinski definition) is 2. The molecule has 1 heterocycles. The van der Waals surface area contributed by atoms with E-state index in [-0.39, 0.29) is 12.5 Å². The van der Waals surface area contributed by atoms with E-state index in [4.69, 9.17) is 27.7 Å². The predicted octanol–water partition coefficient (Wildman–Crippen LogP) is 3.34. The Kier molecular flexibility index (Phi) is 4.29. The van der Waals surface area contributed by atoms with Gasteiger partial charge < -0.3 is 15.2 Å². The maximum absolute atomic E-state index is 11.7. The molecule has 1 amide bonds. The van der Waals surface area contributed by atoms with Crippen molar-refractivity contribution >= 4 is 40.6 Å². The average molecular weight is 300 g/mol. The van der Waals surface area contributed by atoms with Crippen LogP contribution in [0.25, 0.3) is 0 Å². The number of aryl methyl sites for hydroxylation is 1. The Morgan fingerprint density at radius 2 is 2.16 bits per heavy atom. The maximum atomic E-state index is 11.7. The van der Waals surface area contributed by atoms with Gasteiger partial charge in [0.05, 0.1) is 17.3 Å². The Morgan fingerprint density at radius 3 is 2.79 bits per heavy atom. The first kappa shape index (κ1) is 13.7. The summed E-state index contributed by atoms with van der Waals surface area (Å²) in [5.41, 5.74) is 0.509. The molecule has 0 aliphatic rings. The Balaban J connectivity index is 1.90. The van der Waals surface area contributed by atoms with E-state index in [1.165, 1.54) is 0 Å². The van der Waals surface area contributed by atoms with Crippen molar-refractivity contribution in [2.24, 2.45) is 0 Å². The monoisotopic (exact) mass is 299 g/mol. The highest BCUT2D eigenvalue weighted by Crippen LogP contribution is 2.25. The molecular formula is C12H11Cl2N3O2. The third kappa shape index (κ3) is 3.87. The molecule has 19 heavy (non-hydrogen) atoms. The summed E-state index contributed by atoms with van der Waals surface area (Å²) >= 11 is 11.7. The van der Waals surface area contributed by atoms with Gasteiger partial charge in [0, 0.05) is 11.1 Å². The lowest BCUT2D eigenvalue weighted by Crippen LogP contribution is -2.22. The zero-order chi connectivity index (χ0) is 13.8. The van der Waals surface area contributed by atoms with Crippen LogP contribution < -0.4 is 10.6 Å². The van der Waals surface area contributed by atoms with Crippen LogP contribution in [0, 0.1) is 6.92 Å². The normalized spacial score (nSPS) is 10.3. The number of rotatable bonds is 4. The summed E-state index contributed by atoms with van der Waals surface area (Å²) in [6.07, 6.45) is 0. The number of carbonyl (C=O) groups is 1. The minimum Gasteiger partial charge on any atom is -0.360 e. The molecule has 0 aliphatic carbocycles. The molecule has 100 valence electrons. The number of nitrogens with one attached hydrogen (secondary N) is 2. The van der Waals surface area contributed by atoms with Gasteiger partial charge in [-0.05, 0) is 25.1 Å². The first-order chi connectivity index (χ1) is 9.04. The van der Waals surface area contributed by atoms with Crippen LogP contribution in [0.5, 0.6) is 0 Å². The largest absolute Gasteiger partial charge is 0.360 e. The second-order valence-corrected chi connectivity index (χ2v) is 4.69. The summed E-state index contributed by atoms with van der Waals surface area (Å²) in [5, 5.41) is 10.1. The van der Waals surface area contributed by atoms with E-state index in [2.05, 4.69) is 15.8 Å². The van der Waals surface area contributed by atoms with E-state index in [9.17, 15) is 4.79 Å². The Morgan fingerprint density at radius 1 is 1.37 bits per heavy atom. The van der Waals surface area contributed by atoms with Crippen LogP contribution in [-0.2, 0) is 4.79 Å². The molecule has 0 saturated carbocycles. The number of nitrogens with zero attached hydrogens (tertiary/aromatic N) is 1. The van der Waals surface area contributed by atoms with Crippen molar-refractivity contribution in [3.63, 3.8) is 0 Å². The summed E-state index contributed by atoms with van der Waals surface area (Å²) in [7, 11) is 0. The third-order valence-electron chi connectivity index (χ3n) is 2.26. The Hall–Kier alpha value is -1.72. The fraction of sp³-hybridized carbons (Fsp3) is 0.167. The number of halogens is 2. The van der Waals surface area contributed by atoms with Gasteiger partial charge in [-0.2, -0.15) is 0 Å². The van der Waals surface area contributed by atoms with Gasteiger partial charge in [0.15, 0.2) is 5.82 Å². The molecule has 2 aromatic rings. The SMILES string of the molecule is Cc1cc(NCC(=O)Nc2ccc(Cl)cc2Cl)no1. The van der Waals surface area contributed by atoms with E-state index in [0.29, 0.717) is 27.3 Å². The Bertz CT molecular complexity index is 598. The molecule has 0 unspecified atom stereocenters. The summed E-state index contributed by atoms with van der Waals surface area (Å²) in [6, 6.07) is 6.55. The second kappa shape index (κ2) is 5.95. The fourth-order valence-corrected chi connectivity index (χ4v) is 1.86. The average Bonchev–Trinajstić information content (AvgIpc) is 2.76. The summed E-state index contributed by atoms with van der Waals surface area (Å²) in [6.45, 7) is 1.83. The van der Waals surface area contributed by atoms with Crippen LogP contribution >= 0.6 is 23.2 Å². The van der Waals surface area contributed by atoms with Crippen LogP contribution in [0.4, 0.5) is 11.5 Å². The van der Waals surface area contributed by atoms with Gasteiger partial charge in [-0.3, -0.25) is 4.79 Å². The van der Waals surface area contributed by atoms with Crippen molar-refractivity contribution in [1.82, 2.24) is 5.16 Å². The first-order valence-corrected chi connectivity index (χ1v) is 6.22. The zero-order valence-corrected chi connectivity index (χ0v) is 11.5. The highest BCUT2D eigenvalue weighted by molar-refractivity contribution is 6.36. The van der Waals surface area contributed by atoms with Gasteiger partial charge in [-0.15, -0.1) is 0 Å². The van der Waals surface area contributed by atoms with Crippen LogP contribution in [0.1, 0.15) is 5.76 Å². The molecule has 5 nitrogen and oxygen atoms in total. The topological polar surface area (TPSA) is 67.2 Å². The number of anilines is 2. The van der Waals surface area contributed by atoms with Gasteiger partial charge in [0.2, 0.25) is 5.91 Å². The molecule has 0 aliphatic heterocycles. The Labute approximate surface area is 119 Å². The van der Waals surface area contributed by atoms with Crippen molar-refractivity contribution in [3.8, 4) is 0 Å². The van der Waals surface area contributed by atoms with Crippen LogP contribution in [0.15, 0.2) is 28.8 Å². The summed E-state index contributed by atoms with van der Waals surface area (Å²) in [4.78, 5) is 11.7. The molecule has 0 atom stereocenters. The smallest absolute Gasteiger partial charge is 0.243 e. The van der Waals surface area contributed by atoms with Gasteiger partial charge in [-0.1, -0.05) is 28.4 Å². The number of aromatic nitrogens is 1. The van der Waals surface area contributed by atoms with Crippen LogP contribution in [-0.4, -0.2) is 17.6 Å². The van der Waals surface area contributed by atoms with E-state index in [0.717, 1.165) is 0 Å². The van der Waals surface area contributed by atoms with E-state index < -0.39 is 0 Å². The first-order valence-electron chi connectivity index (χ1n) is 5.46. The number of carbonyl (C=O) groups excluding carboxylic acids is 1. The molecule has 0 fully saturated rings. The molecule has 2 N–H and O–H groups in total. The highest BCUT2D eigenvalue weighted by atomic mass is 35.5. The molecular weight excluding hydrogens is 289 g/mol. The standard InChI is InChI=1S/C12H11Cl2N3O2/c1-7-4-11(17-19-7)15-6-12(18)16-10-3-2-8(13)5-9(10)14/h2-5H,6H2,1H3,(H,15,17)(H,16,18). The van der Waals surface area contributed by atoms with Crippen LogP contribution in [0.3, 0.4) is 0 Å². The number of hydrogen-bond acceptors (Lipinski definition) is 4. The maximum Gasteiger partial charge on any atom is 0.243 e. The lowest BCUT2D eigenvalue weighted by Gasteiger charge is -2.07.